The Morgan fingerprint density at radius 2 is 2.22 bits per heavy atom. The van der Waals surface area contributed by atoms with Crippen molar-refractivity contribution >= 4 is 0 Å². The van der Waals surface area contributed by atoms with Gasteiger partial charge < -0.3 is 10.2 Å². The van der Waals surface area contributed by atoms with Crippen LogP contribution in [0.2, 0.25) is 0 Å². The van der Waals surface area contributed by atoms with Crippen molar-refractivity contribution in [3.8, 4) is 0 Å². The average molecular weight is 128 g/mol. The molecule has 0 saturated carbocycles. The van der Waals surface area contributed by atoms with Crippen LogP contribution in [0.1, 0.15) is 13.3 Å². The third kappa shape index (κ3) is 2.33. The molecule has 1 aliphatic heterocycles. The molecule has 54 valence electrons. The minimum Gasteiger partial charge on any atom is -0.313 e. The van der Waals surface area contributed by atoms with Crippen LogP contribution in [0.5, 0.6) is 0 Å². The van der Waals surface area contributed by atoms with Gasteiger partial charge in [0.05, 0.1) is 0 Å². The molecule has 0 bridgehead atoms. The summed E-state index contributed by atoms with van der Waals surface area (Å²) in [7, 11) is 2.18. The summed E-state index contributed by atoms with van der Waals surface area (Å²) in [5, 5.41) is 3.43. The van der Waals surface area contributed by atoms with Crippen LogP contribution >= 0.6 is 0 Å². The Kier molecular flexibility index (Phi) is 2.49. The minimum atomic E-state index is 0.718. The molecule has 9 heavy (non-hydrogen) atoms. The van der Waals surface area contributed by atoms with E-state index < -0.39 is 0 Å². The molecule has 2 nitrogen and oxygen atoms in total. The molecule has 0 aliphatic carbocycles. The van der Waals surface area contributed by atoms with Gasteiger partial charge in [0.2, 0.25) is 0 Å². The van der Waals surface area contributed by atoms with E-state index in [2.05, 4.69) is 24.2 Å². The topological polar surface area (TPSA) is 15.3 Å². The molecule has 1 saturated heterocycles. The Morgan fingerprint density at radius 1 is 1.44 bits per heavy atom. The fourth-order valence-corrected chi connectivity index (χ4v) is 1.13. The maximum Gasteiger partial charge on any atom is 0.0104 e. The van der Waals surface area contributed by atoms with Crippen LogP contribution in [0.4, 0.5) is 0 Å². The summed E-state index contributed by atoms with van der Waals surface area (Å²) < 4.78 is 0. The molecule has 2 heteroatoms. The second-order valence-corrected chi connectivity index (χ2v) is 2.95. The second-order valence-electron chi connectivity index (χ2n) is 2.95. The monoisotopic (exact) mass is 128 g/mol. The number of hydrogen-bond donors (Lipinski definition) is 1. The molecule has 0 unspecified atom stereocenters. The Bertz CT molecular complexity index is 73.0. The van der Waals surface area contributed by atoms with Crippen LogP contribution in [-0.4, -0.2) is 37.6 Å². The van der Waals surface area contributed by atoms with Crippen molar-refractivity contribution in [1.82, 2.24) is 10.2 Å². The van der Waals surface area contributed by atoms with Gasteiger partial charge in [0, 0.05) is 19.1 Å². The Labute approximate surface area is 57.2 Å². The maximum absolute atomic E-state index is 3.43. The first-order valence-electron chi connectivity index (χ1n) is 3.71. The molecule has 1 rings (SSSR count). The van der Waals surface area contributed by atoms with E-state index in [0.29, 0.717) is 0 Å². The lowest BCUT2D eigenvalue weighted by molar-refractivity contribution is 0.356. The average Bonchev–Trinajstić information content (AvgIpc) is 1.97. The van der Waals surface area contributed by atoms with Gasteiger partial charge in [-0.3, -0.25) is 0 Å². The number of likely N-dealkylation sites (N-methyl/N-ethyl adjacent to an activating group) is 1. The summed E-state index contributed by atoms with van der Waals surface area (Å²) >= 11 is 0. The van der Waals surface area contributed by atoms with Crippen molar-refractivity contribution in [2.75, 3.05) is 26.7 Å². The zero-order valence-corrected chi connectivity index (χ0v) is 6.35. The van der Waals surface area contributed by atoms with E-state index in [0.717, 1.165) is 12.6 Å². The molecule has 1 aliphatic rings. The Hall–Kier alpha value is -0.0800. The largest absolute Gasteiger partial charge is 0.313 e. The molecular weight excluding hydrogens is 112 g/mol. The first-order chi connectivity index (χ1) is 4.29. The van der Waals surface area contributed by atoms with E-state index in [9.17, 15) is 0 Å². The highest BCUT2D eigenvalue weighted by Gasteiger charge is 2.07. The Morgan fingerprint density at radius 3 is 3.00 bits per heavy atom. The van der Waals surface area contributed by atoms with Crippen molar-refractivity contribution in [2.24, 2.45) is 0 Å². The minimum absolute atomic E-state index is 0.718. The molecule has 0 amide bonds. The summed E-state index contributed by atoms with van der Waals surface area (Å²) in [6.07, 6.45) is 1.29. The normalized spacial score (nSPS) is 32.0. The van der Waals surface area contributed by atoms with Gasteiger partial charge in [0.1, 0.15) is 0 Å². The van der Waals surface area contributed by atoms with Crippen LogP contribution < -0.4 is 5.32 Å². The third-order valence-corrected chi connectivity index (χ3v) is 1.93. The van der Waals surface area contributed by atoms with E-state index >= 15 is 0 Å². The molecule has 1 heterocycles. The molecule has 0 aromatic carbocycles. The number of nitrogens with one attached hydrogen (secondary N) is 1. The predicted octanol–water partition coefficient (Wildman–Crippen LogP) is 0.300. The summed E-state index contributed by atoms with van der Waals surface area (Å²) in [4.78, 5) is 2.37. The lowest BCUT2D eigenvalue weighted by atomic mass is 10.2. The van der Waals surface area contributed by atoms with Gasteiger partial charge in [0.15, 0.2) is 0 Å². The molecule has 1 atom stereocenters. The number of hydrogen-bond acceptors (Lipinski definition) is 2. The van der Waals surface area contributed by atoms with Crippen LogP contribution in [0.25, 0.3) is 0 Å². The smallest absolute Gasteiger partial charge is 0.0104 e. The lowest BCUT2D eigenvalue weighted by Crippen LogP contribution is -2.27. The van der Waals surface area contributed by atoms with E-state index in [1.807, 2.05) is 0 Å². The molecule has 0 aromatic heterocycles. The SMILES string of the molecule is C[C@@H]1CCN(C)CCN1. The molecule has 0 aromatic rings. The van der Waals surface area contributed by atoms with Crippen LogP contribution in [0.15, 0.2) is 0 Å². The quantitative estimate of drug-likeness (QED) is 0.505. The lowest BCUT2D eigenvalue weighted by Gasteiger charge is -2.10. The van der Waals surface area contributed by atoms with Crippen molar-refractivity contribution in [2.45, 2.75) is 19.4 Å². The van der Waals surface area contributed by atoms with Gasteiger partial charge in [-0.15, -0.1) is 0 Å². The van der Waals surface area contributed by atoms with Gasteiger partial charge in [-0.2, -0.15) is 0 Å². The van der Waals surface area contributed by atoms with Gasteiger partial charge in [-0.1, -0.05) is 0 Å². The van der Waals surface area contributed by atoms with E-state index in [4.69, 9.17) is 0 Å². The summed E-state index contributed by atoms with van der Waals surface area (Å²) in [5.74, 6) is 0. The van der Waals surface area contributed by atoms with Gasteiger partial charge in [0.25, 0.3) is 0 Å². The van der Waals surface area contributed by atoms with Crippen molar-refractivity contribution in [1.29, 1.82) is 0 Å². The summed E-state index contributed by atoms with van der Waals surface area (Å²) in [5.41, 5.74) is 0. The van der Waals surface area contributed by atoms with Gasteiger partial charge >= 0.3 is 0 Å². The van der Waals surface area contributed by atoms with E-state index in [1.54, 1.807) is 0 Å². The fraction of sp³-hybridized carbons (Fsp3) is 1.00. The molecular formula is C7H16N2. The standard InChI is InChI=1S/C7H16N2/c1-7-3-5-9(2)6-4-8-7/h7-8H,3-6H2,1-2H3/t7-/m1/s1. The highest BCUT2D eigenvalue weighted by molar-refractivity contribution is 4.68. The zero-order valence-electron chi connectivity index (χ0n) is 6.35. The highest BCUT2D eigenvalue weighted by atomic mass is 15.1. The van der Waals surface area contributed by atoms with Gasteiger partial charge in [-0.05, 0) is 26.9 Å². The predicted molar refractivity (Wildman–Crippen MR) is 39.6 cm³/mol. The number of nitrogens with zero attached hydrogens (tertiary/aromatic N) is 1. The van der Waals surface area contributed by atoms with Crippen LogP contribution in [-0.2, 0) is 0 Å². The van der Waals surface area contributed by atoms with Gasteiger partial charge in [-0.25, -0.2) is 0 Å². The molecule has 0 spiro atoms. The number of rotatable bonds is 0. The molecule has 0 radical (unpaired) electrons. The first-order valence-corrected chi connectivity index (χ1v) is 3.71. The van der Waals surface area contributed by atoms with E-state index in [1.165, 1.54) is 19.5 Å². The van der Waals surface area contributed by atoms with Crippen molar-refractivity contribution in [3.05, 3.63) is 0 Å². The van der Waals surface area contributed by atoms with Crippen LogP contribution in [0.3, 0.4) is 0 Å². The third-order valence-electron chi connectivity index (χ3n) is 1.93. The second kappa shape index (κ2) is 3.18. The molecule has 1 fully saturated rings. The molecule has 1 N–H and O–H groups in total. The summed E-state index contributed by atoms with van der Waals surface area (Å²) in [6.45, 7) is 5.84. The fourth-order valence-electron chi connectivity index (χ4n) is 1.13. The summed E-state index contributed by atoms with van der Waals surface area (Å²) in [6, 6.07) is 0.718. The van der Waals surface area contributed by atoms with E-state index in [-0.39, 0.29) is 0 Å². The van der Waals surface area contributed by atoms with Crippen LogP contribution in [0, 0.1) is 0 Å². The van der Waals surface area contributed by atoms with Crippen molar-refractivity contribution in [3.63, 3.8) is 0 Å². The maximum atomic E-state index is 3.43. The van der Waals surface area contributed by atoms with Crippen molar-refractivity contribution < 1.29 is 0 Å². The highest BCUT2D eigenvalue weighted by Crippen LogP contribution is 1.96. The zero-order chi connectivity index (χ0) is 6.69. The first kappa shape index (κ1) is 7.03. The Balaban J connectivity index is 2.25.